The molecule has 4 rings (SSSR count). The summed E-state index contributed by atoms with van der Waals surface area (Å²) in [4.78, 5) is 32.4. The lowest BCUT2D eigenvalue weighted by molar-refractivity contribution is 0.409. The molecule has 1 atom stereocenters. The fourth-order valence-electron chi connectivity index (χ4n) is 4.00. The Labute approximate surface area is 162 Å². The maximum Gasteiger partial charge on any atom is 0.332 e. The van der Waals surface area contributed by atoms with Gasteiger partial charge in [-0.1, -0.05) is 13.0 Å². The number of ether oxygens (including phenoxy) is 1. The third-order valence-corrected chi connectivity index (χ3v) is 5.38. The molecule has 1 unspecified atom stereocenters. The number of anilines is 2. The molecule has 1 aromatic carbocycles. The van der Waals surface area contributed by atoms with E-state index >= 15 is 0 Å². The number of methoxy groups -OCH3 is 1. The molecule has 3 aromatic rings. The van der Waals surface area contributed by atoms with Gasteiger partial charge in [-0.3, -0.25) is 13.9 Å². The maximum atomic E-state index is 13.0. The van der Waals surface area contributed by atoms with Gasteiger partial charge in [-0.05, 0) is 37.5 Å². The molecule has 0 aliphatic carbocycles. The van der Waals surface area contributed by atoms with E-state index in [2.05, 4.69) is 17.9 Å². The first-order valence-electron chi connectivity index (χ1n) is 9.49. The van der Waals surface area contributed by atoms with Crippen molar-refractivity contribution in [3.8, 4) is 5.75 Å². The van der Waals surface area contributed by atoms with Crippen LogP contribution in [0.4, 0.5) is 11.6 Å². The number of nitrogens with zero attached hydrogens (tertiary/aromatic N) is 5. The summed E-state index contributed by atoms with van der Waals surface area (Å²) in [5.74, 6) is 1.71. The molecule has 1 aliphatic heterocycles. The second kappa shape index (κ2) is 6.54. The van der Waals surface area contributed by atoms with Gasteiger partial charge in [0.15, 0.2) is 11.2 Å². The zero-order chi connectivity index (χ0) is 20.2. The van der Waals surface area contributed by atoms with E-state index in [4.69, 9.17) is 9.72 Å². The zero-order valence-corrected chi connectivity index (χ0v) is 16.9. The maximum absolute atomic E-state index is 13.0. The first kappa shape index (κ1) is 18.3. The predicted molar refractivity (Wildman–Crippen MR) is 109 cm³/mol. The van der Waals surface area contributed by atoms with Gasteiger partial charge in [0.05, 0.1) is 12.8 Å². The van der Waals surface area contributed by atoms with Gasteiger partial charge in [0.2, 0.25) is 5.95 Å². The second-order valence-electron chi connectivity index (χ2n) is 7.48. The van der Waals surface area contributed by atoms with Crippen molar-refractivity contribution in [2.45, 2.75) is 33.9 Å². The van der Waals surface area contributed by atoms with E-state index in [1.807, 2.05) is 23.6 Å². The molecular formula is C20H25N5O3. The van der Waals surface area contributed by atoms with Gasteiger partial charge in [-0.25, -0.2) is 4.79 Å². The number of hydrogen-bond acceptors (Lipinski definition) is 5. The predicted octanol–water partition coefficient (Wildman–Crippen LogP) is 2.02. The summed E-state index contributed by atoms with van der Waals surface area (Å²) < 4.78 is 10.2. The van der Waals surface area contributed by atoms with Gasteiger partial charge in [0.1, 0.15) is 5.75 Å². The Morgan fingerprint density at radius 1 is 1.25 bits per heavy atom. The zero-order valence-electron chi connectivity index (χ0n) is 16.9. The van der Waals surface area contributed by atoms with Gasteiger partial charge < -0.3 is 14.2 Å². The van der Waals surface area contributed by atoms with Gasteiger partial charge >= 0.3 is 5.69 Å². The first-order chi connectivity index (χ1) is 13.4. The van der Waals surface area contributed by atoms with Crippen molar-refractivity contribution in [1.29, 1.82) is 0 Å². The number of benzene rings is 1. The third-order valence-electron chi connectivity index (χ3n) is 5.38. The van der Waals surface area contributed by atoms with Crippen molar-refractivity contribution in [3.05, 3.63) is 44.6 Å². The van der Waals surface area contributed by atoms with Crippen LogP contribution in [0.5, 0.6) is 5.75 Å². The summed E-state index contributed by atoms with van der Waals surface area (Å²) in [6, 6.07) is 6.00. The van der Waals surface area contributed by atoms with Crippen LogP contribution in [0, 0.1) is 12.8 Å². The molecule has 8 heteroatoms. The molecule has 3 heterocycles. The highest BCUT2D eigenvalue weighted by atomic mass is 16.5. The lowest BCUT2D eigenvalue weighted by Gasteiger charge is -2.33. The first-order valence-corrected chi connectivity index (χ1v) is 9.49. The van der Waals surface area contributed by atoms with Crippen molar-refractivity contribution >= 4 is 22.8 Å². The minimum Gasteiger partial charge on any atom is -0.495 e. The lowest BCUT2D eigenvalue weighted by atomic mass is 10.1. The molecule has 0 radical (unpaired) electrons. The Morgan fingerprint density at radius 2 is 2.00 bits per heavy atom. The Kier molecular flexibility index (Phi) is 4.28. The number of imidazole rings is 1. The number of aromatic nitrogens is 4. The Hall–Kier alpha value is -3.03. The van der Waals surface area contributed by atoms with Crippen LogP contribution in [0.2, 0.25) is 0 Å². The molecule has 0 saturated heterocycles. The highest BCUT2D eigenvalue weighted by molar-refractivity contribution is 5.78. The quantitative estimate of drug-likeness (QED) is 0.692. The fourth-order valence-corrected chi connectivity index (χ4v) is 4.00. The third kappa shape index (κ3) is 2.55. The normalized spacial score (nSPS) is 16.5. The molecule has 0 N–H and O–H groups in total. The van der Waals surface area contributed by atoms with Crippen molar-refractivity contribution in [1.82, 2.24) is 18.7 Å². The Bertz CT molecular complexity index is 1190. The molecule has 8 nitrogen and oxygen atoms in total. The van der Waals surface area contributed by atoms with E-state index in [9.17, 15) is 9.59 Å². The summed E-state index contributed by atoms with van der Waals surface area (Å²) in [5, 5.41) is 0. The van der Waals surface area contributed by atoms with Crippen molar-refractivity contribution < 1.29 is 4.74 Å². The van der Waals surface area contributed by atoms with Crippen LogP contribution >= 0.6 is 0 Å². The van der Waals surface area contributed by atoms with E-state index in [1.165, 1.54) is 9.13 Å². The molecule has 0 saturated carbocycles. The summed E-state index contributed by atoms with van der Waals surface area (Å²) >= 11 is 0. The average Bonchev–Trinajstić information content (AvgIpc) is 3.05. The minimum absolute atomic E-state index is 0.287. The number of aryl methyl sites for hydroxylation is 2. The highest BCUT2D eigenvalue weighted by Crippen LogP contribution is 2.38. The van der Waals surface area contributed by atoms with E-state index < -0.39 is 0 Å². The van der Waals surface area contributed by atoms with Crippen LogP contribution in [0.25, 0.3) is 11.2 Å². The molecule has 0 bridgehead atoms. The van der Waals surface area contributed by atoms with E-state index in [1.54, 1.807) is 21.1 Å². The topological polar surface area (TPSA) is 74.3 Å². The van der Waals surface area contributed by atoms with Crippen LogP contribution in [0.3, 0.4) is 0 Å². The largest absolute Gasteiger partial charge is 0.495 e. The highest BCUT2D eigenvalue weighted by Gasteiger charge is 2.31. The van der Waals surface area contributed by atoms with Crippen LogP contribution in [-0.4, -0.2) is 32.3 Å². The summed E-state index contributed by atoms with van der Waals surface area (Å²) in [6.07, 6.45) is 0. The molecule has 1 aliphatic rings. The summed E-state index contributed by atoms with van der Waals surface area (Å²) in [7, 11) is 3.31. The van der Waals surface area contributed by atoms with E-state index in [0.29, 0.717) is 36.1 Å². The summed E-state index contributed by atoms with van der Waals surface area (Å²) in [5.41, 5.74) is 2.28. The van der Waals surface area contributed by atoms with Crippen LogP contribution in [0.15, 0.2) is 27.8 Å². The standard InChI is InChI=1S/C20H25N5O3/c1-6-23-18(26)16-17(22(4)20(23)27)21-19-24(10-13(3)11-25(16)19)14-9-12(2)7-8-15(14)28-5/h7-9,13H,6,10-11H2,1-5H3. The Balaban J connectivity index is 2.05. The van der Waals surface area contributed by atoms with E-state index in [0.717, 1.165) is 23.5 Å². The van der Waals surface area contributed by atoms with E-state index in [-0.39, 0.29) is 11.2 Å². The van der Waals surface area contributed by atoms with Gasteiger partial charge in [-0.15, -0.1) is 0 Å². The smallest absolute Gasteiger partial charge is 0.332 e. The van der Waals surface area contributed by atoms with Gasteiger partial charge in [0.25, 0.3) is 5.56 Å². The number of rotatable bonds is 3. The minimum atomic E-state index is -0.344. The molecule has 0 amide bonds. The molecular weight excluding hydrogens is 358 g/mol. The summed E-state index contributed by atoms with van der Waals surface area (Å²) in [6.45, 7) is 7.72. The van der Waals surface area contributed by atoms with Crippen molar-refractivity contribution in [2.75, 3.05) is 18.6 Å². The fraction of sp³-hybridized carbons (Fsp3) is 0.450. The van der Waals surface area contributed by atoms with Crippen molar-refractivity contribution in [3.63, 3.8) is 0 Å². The Morgan fingerprint density at radius 3 is 2.68 bits per heavy atom. The van der Waals surface area contributed by atoms with Gasteiger partial charge in [-0.2, -0.15) is 4.98 Å². The van der Waals surface area contributed by atoms with Crippen molar-refractivity contribution in [2.24, 2.45) is 13.0 Å². The molecule has 148 valence electrons. The van der Waals surface area contributed by atoms with Crippen LogP contribution < -0.4 is 20.9 Å². The number of hydrogen-bond donors (Lipinski definition) is 0. The second-order valence-corrected chi connectivity index (χ2v) is 7.48. The molecule has 0 fully saturated rings. The lowest BCUT2D eigenvalue weighted by Crippen LogP contribution is -2.40. The average molecular weight is 383 g/mol. The molecule has 28 heavy (non-hydrogen) atoms. The van der Waals surface area contributed by atoms with Crippen LogP contribution in [-0.2, 0) is 20.1 Å². The number of fused-ring (bicyclic) bond motifs is 3. The molecule has 0 spiro atoms. The molecule has 2 aromatic heterocycles. The SMILES string of the molecule is CCn1c(=O)c2c(nc3n2CC(C)CN3c2cc(C)ccc2OC)n(C)c1=O. The van der Waals surface area contributed by atoms with Crippen LogP contribution in [0.1, 0.15) is 19.4 Å². The monoisotopic (exact) mass is 383 g/mol. The van der Waals surface area contributed by atoms with Gasteiger partial charge in [0, 0.05) is 26.7 Å².